The Hall–Kier alpha value is -1.81. The van der Waals surface area contributed by atoms with E-state index in [0.29, 0.717) is 0 Å². The summed E-state index contributed by atoms with van der Waals surface area (Å²) in [4.78, 5) is 2.66. The zero-order valence-corrected chi connectivity index (χ0v) is 9.44. The maximum absolute atomic E-state index is 12.7. The van der Waals surface area contributed by atoms with Crippen LogP contribution in [-0.4, -0.2) is 18.5 Å². The lowest BCUT2D eigenvalue weighted by atomic mass is 10.1. The number of pyridine rings is 1. The summed E-state index contributed by atoms with van der Waals surface area (Å²) in [7, 11) is 0.767. The minimum Gasteiger partial charge on any atom is -0.491 e. The number of aromatic nitrogens is 1. The number of ether oxygens (including phenoxy) is 2. The molecule has 0 unspecified atom stereocenters. The van der Waals surface area contributed by atoms with E-state index < -0.39 is 41.7 Å². The fourth-order valence-electron chi connectivity index (χ4n) is 1.29. The van der Waals surface area contributed by atoms with E-state index in [1.165, 1.54) is 0 Å². The normalized spacial score (nSPS) is 12.7. The van der Waals surface area contributed by atoms with E-state index in [0.717, 1.165) is 7.11 Å². The smallest absolute Gasteiger partial charge is 0.491 e. The van der Waals surface area contributed by atoms with Gasteiger partial charge in [0.25, 0.3) is 6.43 Å². The number of hydrogen-bond donors (Lipinski definition) is 0. The van der Waals surface area contributed by atoms with Gasteiger partial charge in [-0.2, -0.15) is 13.2 Å². The highest BCUT2D eigenvalue weighted by Gasteiger charge is 2.43. The largest absolute Gasteiger partial charge is 0.573 e. The van der Waals surface area contributed by atoms with Crippen molar-refractivity contribution >= 4 is 0 Å². The first-order valence-electron chi connectivity index (χ1n) is 4.65. The lowest BCUT2D eigenvalue weighted by Crippen LogP contribution is -2.21. The molecule has 20 heavy (non-hydrogen) atoms. The van der Waals surface area contributed by atoms with Crippen LogP contribution >= 0.6 is 0 Å². The summed E-state index contributed by atoms with van der Waals surface area (Å²) < 4.78 is 107. The molecule has 1 heterocycles. The Bertz CT molecular complexity index is 482. The van der Waals surface area contributed by atoms with Crippen LogP contribution in [0.25, 0.3) is 0 Å². The van der Waals surface area contributed by atoms with Gasteiger partial charge in [0.05, 0.1) is 18.9 Å². The molecule has 0 saturated carbocycles. The zero-order chi connectivity index (χ0) is 15.7. The van der Waals surface area contributed by atoms with Crippen LogP contribution in [0.2, 0.25) is 0 Å². The second-order valence-corrected chi connectivity index (χ2v) is 3.26. The average molecular weight is 311 g/mol. The number of alkyl halides is 8. The summed E-state index contributed by atoms with van der Waals surface area (Å²) in [5.74, 6) is -2.76. The lowest BCUT2D eigenvalue weighted by Gasteiger charge is -2.19. The van der Waals surface area contributed by atoms with Gasteiger partial charge < -0.3 is 9.47 Å². The zero-order valence-electron chi connectivity index (χ0n) is 9.44. The first-order chi connectivity index (χ1) is 8.97. The van der Waals surface area contributed by atoms with Crippen molar-refractivity contribution in [2.45, 2.75) is 19.0 Å². The van der Waals surface area contributed by atoms with Crippen LogP contribution in [0.15, 0.2) is 6.20 Å². The van der Waals surface area contributed by atoms with E-state index >= 15 is 0 Å². The first-order valence-corrected chi connectivity index (χ1v) is 4.65. The molecule has 0 fully saturated rings. The topological polar surface area (TPSA) is 31.4 Å². The van der Waals surface area contributed by atoms with Crippen LogP contribution in [0, 0.1) is 0 Å². The van der Waals surface area contributed by atoms with E-state index in [4.69, 9.17) is 0 Å². The molecular weight excluding hydrogens is 306 g/mol. The van der Waals surface area contributed by atoms with Gasteiger partial charge in [0, 0.05) is 0 Å². The molecule has 0 N–H and O–H groups in total. The third kappa shape index (κ3) is 3.61. The Kier molecular flexibility index (Phi) is 4.30. The second-order valence-electron chi connectivity index (χ2n) is 3.26. The maximum atomic E-state index is 12.7. The summed E-state index contributed by atoms with van der Waals surface area (Å²) in [6.45, 7) is 0. The van der Waals surface area contributed by atoms with Gasteiger partial charge in [0.15, 0.2) is 17.2 Å². The SMILES string of the molecule is COc1cnc(C(F)(F)F)c(C(F)F)c1OC(F)(F)F. The molecule has 0 amide bonds. The van der Waals surface area contributed by atoms with Gasteiger partial charge in [0.1, 0.15) is 0 Å². The first kappa shape index (κ1) is 16.2. The third-order valence-corrected chi connectivity index (χ3v) is 1.96. The summed E-state index contributed by atoms with van der Waals surface area (Å²) in [5, 5.41) is 0. The van der Waals surface area contributed by atoms with Crippen molar-refractivity contribution in [1.82, 2.24) is 4.98 Å². The molecule has 0 bridgehead atoms. The van der Waals surface area contributed by atoms with Crippen LogP contribution in [0.3, 0.4) is 0 Å². The molecular formula is C9H5F8NO2. The maximum Gasteiger partial charge on any atom is 0.573 e. The number of rotatable bonds is 3. The van der Waals surface area contributed by atoms with Crippen LogP contribution in [0.5, 0.6) is 11.5 Å². The minimum atomic E-state index is -5.47. The molecule has 1 aromatic rings. The molecule has 1 rings (SSSR count). The van der Waals surface area contributed by atoms with Gasteiger partial charge in [-0.05, 0) is 0 Å². The molecule has 0 aliphatic heterocycles. The van der Waals surface area contributed by atoms with E-state index in [1.807, 2.05) is 0 Å². The average Bonchev–Trinajstić information content (AvgIpc) is 2.24. The molecule has 0 aliphatic rings. The van der Waals surface area contributed by atoms with Crippen LogP contribution in [0.1, 0.15) is 17.7 Å². The Morgan fingerprint density at radius 2 is 1.65 bits per heavy atom. The minimum absolute atomic E-state index is 0.218. The highest BCUT2D eigenvalue weighted by Crippen LogP contribution is 2.45. The fourth-order valence-corrected chi connectivity index (χ4v) is 1.29. The summed E-state index contributed by atoms with van der Waals surface area (Å²) in [6.07, 6.45) is -14.5. The van der Waals surface area contributed by atoms with Crippen molar-refractivity contribution in [2.24, 2.45) is 0 Å². The van der Waals surface area contributed by atoms with Gasteiger partial charge in [-0.15, -0.1) is 13.2 Å². The second kappa shape index (κ2) is 5.29. The Morgan fingerprint density at radius 1 is 1.10 bits per heavy atom. The third-order valence-electron chi connectivity index (χ3n) is 1.96. The van der Waals surface area contributed by atoms with Crippen molar-refractivity contribution in [3.63, 3.8) is 0 Å². The Labute approximate surface area is 106 Å². The van der Waals surface area contributed by atoms with Crippen LogP contribution < -0.4 is 9.47 Å². The van der Waals surface area contributed by atoms with Crippen molar-refractivity contribution < 1.29 is 44.6 Å². The van der Waals surface area contributed by atoms with Crippen molar-refractivity contribution in [2.75, 3.05) is 7.11 Å². The monoisotopic (exact) mass is 311 g/mol. The van der Waals surface area contributed by atoms with Crippen molar-refractivity contribution in [3.8, 4) is 11.5 Å². The van der Waals surface area contributed by atoms with E-state index in [9.17, 15) is 35.1 Å². The van der Waals surface area contributed by atoms with Gasteiger partial charge in [0.2, 0.25) is 0 Å². The highest BCUT2D eigenvalue weighted by atomic mass is 19.4. The molecule has 3 nitrogen and oxygen atoms in total. The Balaban J connectivity index is 3.58. The fraction of sp³-hybridized carbons (Fsp3) is 0.444. The number of nitrogens with zero attached hydrogens (tertiary/aromatic N) is 1. The van der Waals surface area contributed by atoms with Gasteiger partial charge >= 0.3 is 12.5 Å². The summed E-state index contributed by atoms with van der Waals surface area (Å²) >= 11 is 0. The Morgan fingerprint density at radius 3 is 2.00 bits per heavy atom. The van der Waals surface area contributed by atoms with Crippen LogP contribution in [-0.2, 0) is 6.18 Å². The molecule has 0 radical (unpaired) electrons. The van der Waals surface area contributed by atoms with E-state index in [2.05, 4.69) is 14.5 Å². The number of halogens is 8. The predicted octanol–water partition coefficient (Wildman–Crippen LogP) is 3.95. The molecule has 0 aliphatic carbocycles. The molecule has 0 spiro atoms. The number of methoxy groups -OCH3 is 1. The highest BCUT2D eigenvalue weighted by molar-refractivity contribution is 5.49. The van der Waals surface area contributed by atoms with Gasteiger partial charge in [-0.1, -0.05) is 0 Å². The molecule has 0 aromatic carbocycles. The summed E-state index contributed by atoms with van der Waals surface area (Å²) in [6, 6.07) is 0. The quantitative estimate of drug-likeness (QED) is 0.792. The molecule has 0 saturated heterocycles. The van der Waals surface area contributed by atoms with Gasteiger partial charge in [-0.25, -0.2) is 13.8 Å². The molecule has 11 heteroatoms. The van der Waals surface area contributed by atoms with Crippen molar-refractivity contribution in [1.29, 1.82) is 0 Å². The number of hydrogen-bond acceptors (Lipinski definition) is 3. The van der Waals surface area contributed by atoms with E-state index in [1.54, 1.807) is 0 Å². The molecule has 0 atom stereocenters. The van der Waals surface area contributed by atoms with E-state index in [-0.39, 0.29) is 6.20 Å². The molecule has 1 aromatic heterocycles. The standard InChI is InChI=1S/C9H5F8NO2/c1-19-3-2-18-6(8(12,13)14)4(7(10)11)5(3)20-9(15,16)17/h2,7H,1H3. The van der Waals surface area contributed by atoms with Crippen molar-refractivity contribution in [3.05, 3.63) is 17.5 Å². The van der Waals surface area contributed by atoms with Gasteiger partial charge in [-0.3, -0.25) is 0 Å². The lowest BCUT2D eigenvalue weighted by molar-refractivity contribution is -0.275. The van der Waals surface area contributed by atoms with Crippen LogP contribution in [0.4, 0.5) is 35.1 Å². The summed E-state index contributed by atoms with van der Waals surface area (Å²) in [5.41, 5.74) is -4.21. The predicted molar refractivity (Wildman–Crippen MR) is 47.4 cm³/mol. The molecule has 114 valence electrons.